The molecule has 2 aromatic rings. The van der Waals surface area contributed by atoms with E-state index in [4.69, 9.17) is 5.11 Å². The number of aliphatic carboxylic acids is 1. The van der Waals surface area contributed by atoms with Crippen LogP contribution in [0.25, 0.3) is 11.4 Å². The Bertz CT molecular complexity index is 1350. The van der Waals surface area contributed by atoms with Gasteiger partial charge in [-0.2, -0.15) is 0 Å². The van der Waals surface area contributed by atoms with E-state index in [0.717, 1.165) is 32.0 Å². The normalized spacial score (nSPS) is 24.0. The van der Waals surface area contributed by atoms with E-state index in [1.165, 1.54) is 63.0 Å². The molecule has 3 saturated heterocycles. The fraction of sp³-hybridized carbons (Fsp3) is 0.471. The number of nitrogens with one attached hydrogen (secondary N) is 1. The van der Waals surface area contributed by atoms with Crippen molar-refractivity contribution in [1.82, 2.24) is 20.0 Å². The molecule has 6 aliphatic rings. The number of allylic oxidation sites excluding steroid dienone is 2. The molecule has 2 N–H and O–H groups in total. The van der Waals surface area contributed by atoms with Crippen LogP contribution in [-0.2, 0) is 28.0 Å². The molecule has 3 unspecified atom stereocenters. The summed E-state index contributed by atoms with van der Waals surface area (Å²) in [6, 6.07) is 18.1. The van der Waals surface area contributed by atoms with Gasteiger partial charge in [0.1, 0.15) is 6.04 Å². The molecule has 3 fully saturated rings. The molecular weight excluding hydrogens is 742 g/mol. The zero-order valence-electron chi connectivity index (χ0n) is 25.7. The summed E-state index contributed by atoms with van der Waals surface area (Å²) in [6.07, 6.45) is 12.4. The molecule has 45 heavy (non-hydrogen) atoms. The quantitative estimate of drug-likeness (QED) is 0.396. The van der Waals surface area contributed by atoms with Crippen molar-refractivity contribution in [2.24, 2.45) is 4.99 Å². The number of hydrogen-bond acceptors (Lipinski definition) is 6. The smallest absolute Gasteiger partial charge is 0.326 e. The molecule has 4 heterocycles. The Morgan fingerprint density at radius 3 is 1.73 bits per heavy atom. The standard InChI is InChI=1S/2C13H14N.C8H13N3O2.2ClH.Ga.Zr/c2*1-2-6-12-11(5-1)7-8-13(12)14-9-3-4-10-14;12-7(13)6-2-5-11-4-1-3-9-8(11)10-6;;;;/h2*1-2,5-8H,3-4,9-10H2;6H,1-5H2,(H,9,10)(H,12,13);2*1H;;. The predicted molar refractivity (Wildman–Crippen MR) is 184 cm³/mol. The van der Waals surface area contributed by atoms with Crippen LogP contribution in [0.1, 0.15) is 68.0 Å². The third kappa shape index (κ3) is 7.75. The Balaban J connectivity index is 0.000000246. The summed E-state index contributed by atoms with van der Waals surface area (Å²) in [6.45, 7) is 7.57. The SMILES string of the molecule is C1=C(N2CCCC2)c2ccccc2[CH]1[Zr][CH]1C=C(N2CCCC2)c2ccccc21.Cl.Cl.O=C(O)C1CCN2CCCN=C2N1.[Ga]. The average molecular weight is 786 g/mol. The second-order valence-electron chi connectivity index (χ2n) is 12.2. The summed E-state index contributed by atoms with van der Waals surface area (Å²) in [5.41, 5.74) is 9.35. The van der Waals surface area contributed by atoms with Gasteiger partial charge >= 0.3 is 192 Å². The molecule has 0 spiro atoms. The van der Waals surface area contributed by atoms with Crippen LogP contribution in [0.3, 0.4) is 0 Å². The van der Waals surface area contributed by atoms with E-state index in [1.807, 2.05) is 0 Å². The zero-order chi connectivity index (χ0) is 28.5. The van der Waals surface area contributed by atoms with E-state index in [-0.39, 0.29) is 44.6 Å². The molecule has 0 saturated carbocycles. The van der Waals surface area contributed by atoms with Gasteiger partial charge in [-0.05, 0) is 12.8 Å². The monoisotopic (exact) mass is 782 g/mol. The number of fused-ring (bicyclic) bond motifs is 3. The molecule has 11 heteroatoms. The third-order valence-electron chi connectivity index (χ3n) is 9.48. The second kappa shape index (κ2) is 16.5. The van der Waals surface area contributed by atoms with E-state index < -0.39 is 35.2 Å². The van der Waals surface area contributed by atoms with Gasteiger partial charge in [0.05, 0.1) is 0 Å². The zero-order valence-corrected chi connectivity index (χ0v) is 32.2. The molecule has 0 aromatic heterocycles. The molecule has 3 radical (unpaired) electrons. The van der Waals surface area contributed by atoms with Crippen molar-refractivity contribution in [3.05, 3.63) is 82.9 Å². The molecule has 8 rings (SSSR count). The van der Waals surface area contributed by atoms with E-state index in [1.54, 1.807) is 22.5 Å². The van der Waals surface area contributed by atoms with Crippen LogP contribution in [-0.4, -0.2) is 103 Å². The maximum absolute atomic E-state index is 10.7. The maximum atomic E-state index is 10.7. The van der Waals surface area contributed by atoms with Crippen LogP contribution in [0, 0.1) is 0 Å². The Hall–Kier alpha value is -1.64. The number of carboxylic acids is 1. The number of likely N-dealkylation sites (tertiary alicyclic amines) is 2. The predicted octanol–water partition coefficient (Wildman–Crippen LogP) is 5.41. The van der Waals surface area contributed by atoms with Crippen molar-refractivity contribution in [3.8, 4) is 0 Å². The average Bonchev–Trinajstić information content (AvgIpc) is 3.85. The number of benzene rings is 2. The van der Waals surface area contributed by atoms with Gasteiger partial charge in [-0.3, -0.25) is 4.99 Å². The summed E-state index contributed by atoms with van der Waals surface area (Å²) >= 11 is -0.726. The number of nitrogens with zero attached hydrogens (tertiary/aromatic N) is 4. The fourth-order valence-corrected chi connectivity index (χ4v) is 11.6. The Kier molecular flexibility index (Phi) is 13.2. The van der Waals surface area contributed by atoms with Crippen molar-refractivity contribution >= 4 is 67.9 Å². The first kappa shape index (κ1) is 36.2. The van der Waals surface area contributed by atoms with Gasteiger partial charge in [0, 0.05) is 39.4 Å². The van der Waals surface area contributed by atoms with Gasteiger partial charge in [-0.25, -0.2) is 4.79 Å². The summed E-state index contributed by atoms with van der Waals surface area (Å²) in [7, 11) is 0. The molecule has 0 amide bonds. The summed E-state index contributed by atoms with van der Waals surface area (Å²) in [5, 5.41) is 11.7. The third-order valence-corrected chi connectivity index (χ3v) is 13.6. The van der Waals surface area contributed by atoms with Gasteiger partial charge in [-0.1, -0.05) is 0 Å². The number of carboxylic acid groups (broad SMARTS) is 1. The summed E-state index contributed by atoms with van der Waals surface area (Å²) < 4.78 is 1.38. The molecule has 7 nitrogen and oxygen atoms in total. The van der Waals surface area contributed by atoms with Crippen molar-refractivity contribution < 1.29 is 33.1 Å². The fourth-order valence-electron chi connectivity index (χ4n) is 7.32. The van der Waals surface area contributed by atoms with E-state index >= 15 is 0 Å². The minimum Gasteiger partial charge on any atom is -0.480 e. The largest absolute Gasteiger partial charge is 0.480 e. The van der Waals surface area contributed by atoms with Crippen molar-refractivity contribution in [3.63, 3.8) is 0 Å². The number of hydrogen-bond donors (Lipinski definition) is 2. The number of rotatable bonds is 5. The number of guanidine groups is 1. The minimum atomic E-state index is -0.784. The summed E-state index contributed by atoms with van der Waals surface area (Å²) in [4.78, 5) is 22.3. The molecule has 0 bridgehead atoms. The van der Waals surface area contributed by atoms with E-state index in [0.29, 0.717) is 13.7 Å². The summed E-state index contributed by atoms with van der Waals surface area (Å²) in [5.74, 6) is -0.0159. The van der Waals surface area contributed by atoms with Gasteiger partial charge in [0.25, 0.3) is 0 Å². The van der Waals surface area contributed by atoms with Crippen LogP contribution >= 0.6 is 24.8 Å². The van der Waals surface area contributed by atoms with Gasteiger partial charge in [-0.15, -0.1) is 24.8 Å². The Morgan fingerprint density at radius 2 is 1.22 bits per heavy atom. The van der Waals surface area contributed by atoms with Crippen molar-refractivity contribution in [2.75, 3.05) is 45.8 Å². The minimum absolute atomic E-state index is 0. The van der Waals surface area contributed by atoms with Crippen LogP contribution in [0.2, 0.25) is 0 Å². The molecule has 2 aromatic carbocycles. The number of carbonyl (C=O) groups is 1. The van der Waals surface area contributed by atoms with Crippen LogP contribution < -0.4 is 5.32 Å². The molecule has 3 atom stereocenters. The first-order chi connectivity index (χ1) is 20.7. The Morgan fingerprint density at radius 1 is 0.733 bits per heavy atom. The molecule has 4 aliphatic heterocycles. The van der Waals surface area contributed by atoms with Crippen molar-refractivity contribution in [1.29, 1.82) is 0 Å². The number of halogens is 2. The topological polar surface area (TPSA) is 71.4 Å². The van der Waals surface area contributed by atoms with Gasteiger partial charge < -0.3 is 15.3 Å². The first-order valence-corrected chi connectivity index (χ1v) is 18.7. The second-order valence-corrected chi connectivity index (χ2v) is 16.0. The molecular formula is C34H43Cl2GaN5O2Zr. The molecule has 237 valence electrons. The Labute approximate surface area is 304 Å². The van der Waals surface area contributed by atoms with E-state index in [9.17, 15) is 4.79 Å². The van der Waals surface area contributed by atoms with E-state index in [2.05, 4.69) is 85.7 Å². The van der Waals surface area contributed by atoms with Crippen LogP contribution in [0.5, 0.6) is 0 Å². The van der Waals surface area contributed by atoms with Crippen LogP contribution in [0.4, 0.5) is 0 Å². The first-order valence-electron chi connectivity index (χ1n) is 15.8. The van der Waals surface area contributed by atoms with Gasteiger partial charge in [0.2, 0.25) is 0 Å². The van der Waals surface area contributed by atoms with Crippen molar-refractivity contribution in [2.45, 2.75) is 51.8 Å². The molecule has 2 aliphatic carbocycles. The van der Waals surface area contributed by atoms with Gasteiger partial charge in [0.15, 0.2) is 5.96 Å². The number of aliphatic imine (C=N–C) groups is 1. The maximum Gasteiger partial charge on any atom is 0.326 e. The van der Waals surface area contributed by atoms with Crippen LogP contribution in [0.15, 0.2) is 65.7 Å².